The van der Waals surface area contributed by atoms with Crippen LogP contribution in [0.25, 0.3) is 0 Å². The predicted molar refractivity (Wildman–Crippen MR) is 86.1 cm³/mol. The number of nitrogens with zero attached hydrogens (tertiary/aromatic N) is 1. The molecular formula is C14H10Br2N2O3. The van der Waals surface area contributed by atoms with E-state index < -0.39 is 4.92 Å². The third-order valence-electron chi connectivity index (χ3n) is 2.77. The zero-order chi connectivity index (χ0) is 15.4. The Morgan fingerprint density at radius 2 is 1.81 bits per heavy atom. The molecule has 1 amide bonds. The van der Waals surface area contributed by atoms with Crippen molar-refractivity contribution < 1.29 is 9.72 Å². The maximum absolute atomic E-state index is 12.1. The molecule has 0 unspecified atom stereocenters. The van der Waals surface area contributed by atoms with Crippen molar-refractivity contribution in [3.05, 3.63) is 72.7 Å². The highest BCUT2D eigenvalue weighted by Gasteiger charge is 2.10. The van der Waals surface area contributed by atoms with Crippen molar-refractivity contribution in [3.8, 4) is 0 Å². The average Bonchev–Trinajstić information content (AvgIpc) is 2.47. The lowest BCUT2D eigenvalue weighted by molar-refractivity contribution is -0.384. The van der Waals surface area contributed by atoms with Gasteiger partial charge < -0.3 is 5.32 Å². The first kappa shape index (κ1) is 15.7. The van der Waals surface area contributed by atoms with Crippen molar-refractivity contribution in [3.63, 3.8) is 0 Å². The van der Waals surface area contributed by atoms with Gasteiger partial charge in [0.05, 0.1) is 10.5 Å². The lowest BCUT2D eigenvalue weighted by atomic mass is 10.2. The fourth-order valence-corrected chi connectivity index (χ4v) is 2.47. The summed E-state index contributed by atoms with van der Waals surface area (Å²) in [5.41, 5.74) is 1.34. The van der Waals surface area contributed by atoms with Crippen LogP contribution < -0.4 is 5.32 Å². The summed E-state index contributed by atoms with van der Waals surface area (Å²) in [5.74, 6) is -0.221. The van der Waals surface area contributed by atoms with Gasteiger partial charge in [-0.25, -0.2) is 0 Å². The topological polar surface area (TPSA) is 72.2 Å². The molecule has 0 aliphatic carbocycles. The standard InChI is InChI=1S/C14H10Br2N2O3/c15-10-3-6-13(16)12(7-10)14(19)17-8-9-1-4-11(5-2-9)18(20)21/h1-7H,8H2,(H,17,19). The minimum Gasteiger partial charge on any atom is -0.348 e. The molecule has 7 heteroatoms. The second kappa shape index (κ2) is 6.82. The van der Waals surface area contributed by atoms with E-state index in [4.69, 9.17) is 0 Å². The van der Waals surface area contributed by atoms with E-state index in [1.807, 2.05) is 6.07 Å². The third kappa shape index (κ3) is 4.12. The van der Waals surface area contributed by atoms with Crippen LogP contribution in [0.4, 0.5) is 5.69 Å². The molecule has 0 aliphatic heterocycles. The zero-order valence-corrected chi connectivity index (χ0v) is 13.8. The van der Waals surface area contributed by atoms with Gasteiger partial charge in [-0.2, -0.15) is 0 Å². The number of halogens is 2. The number of amides is 1. The number of benzene rings is 2. The molecule has 1 N–H and O–H groups in total. The Kier molecular flexibility index (Phi) is 5.08. The third-order valence-corrected chi connectivity index (χ3v) is 3.96. The highest BCUT2D eigenvalue weighted by atomic mass is 79.9. The molecule has 0 aliphatic rings. The molecule has 2 aromatic rings. The Morgan fingerprint density at radius 1 is 1.14 bits per heavy atom. The number of nitrogens with one attached hydrogen (secondary N) is 1. The Bertz CT molecular complexity index is 687. The largest absolute Gasteiger partial charge is 0.348 e. The number of hydrogen-bond donors (Lipinski definition) is 1. The van der Waals surface area contributed by atoms with Gasteiger partial charge in [-0.1, -0.05) is 28.1 Å². The van der Waals surface area contributed by atoms with Crippen molar-refractivity contribution in [2.75, 3.05) is 0 Å². The highest BCUT2D eigenvalue weighted by molar-refractivity contribution is 9.11. The fourth-order valence-electron chi connectivity index (χ4n) is 1.68. The first-order valence-electron chi connectivity index (χ1n) is 5.94. The van der Waals surface area contributed by atoms with E-state index in [0.717, 1.165) is 10.0 Å². The molecule has 2 rings (SSSR count). The van der Waals surface area contributed by atoms with E-state index in [9.17, 15) is 14.9 Å². The van der Waals surface area contributed by atoms with Crippen LogP contribution in [0.5, 0.6) is 0 Å². The van der Waals surface area contributed by atoms with Gasteiger partial charge in [0.1, 0.15) is 0 Å². The summed E-state index contributed by atoms with van der Waals surface area (Å²) in [6, 6.07) is 11.4. The highest BCUT2D eigenvalue weighted by Crippen LogP contribution is 2.21. The van der Waals surface area contributed by atoms with Gasteiger partial charge in [0.15, 0.2) is 0 Å². The van der Waals surface area contributed by atoms with E-state index in [1.165, 1.54) is 12.1 Å². The molecule has 0 atom stereocenters. The van der Waals surface area contributed by atoms with Crippen molar-refractivity contribution in [2.24, 2.45) is 0 Å². The number of rotatable bonds is 4. The van der Waals surface area contributed by atoms with Crippen molar-refractivity contribution in [2.45, 2.75) is 6.54 Å². The Balaban J connectivity index is 2.04. The van der Waals surface area contributed by atoms with Crippen LogP contribution in [0.3, 0.4) is 0 Å². The van der Waals surface area contributed by atoms with Crippen LogP contribution in [-0.4, -0.2) is 10.8 Å². The number of carbonyl (C=O) groups excluding carboxylic acids is 1. The fraction of sp³-hybridized carbons (Fsp3) is 0.0714. The molecule has 0 saturated heterocycles. The number of nitro benzene ring substituents is 1. The van der Waals surface area contributed by atoms with Crippen LogP contribution in [0.15, 0.2) is 51.4 Å². The quantitative estimate of drug-likeness (QED) is 0.607. The molecule has 108 valence electrons. The summed E-state index contributed by atoms with van der Waals surface area (Å²) in [4.78, 5) is 22.2. The summed E-state index contributed by atoms with van der Waals surface area (Å²) in [6.45, 7) is 0.301. The molecule has 0 fully saturated rings. The Hall–Kier alpha value is -1.73. The molecule has 2 aromatic carbocycles. The van der Waals surface area contributed by atoms with Crippen LogP contribution >= 0.6 is 31.9 Å². The second-order valence-electron chi connectivity index (χ2n) is 4.23. The van der Waals surface area contributed by atoms with Crippen LogP contribution in [-0.2, 0) is 6.54 Å². The zero-order valence-electron chi connectivity index (χ0n) is 10.7. The maximum atomic E-state index is 12.1. The van der Waals surface area contributed by atoms with Crippen LogP contribution in [0, 0.1) is 10.1 Å². The molecule has 0 saturated carbocycles. The van der Waals surface area contributed by atoms with Gasteiger partial charge >= 0.3 is 0 Å². The summed E-state index contributed by atoms with van der Waals surface area (Å²) < 4.78 is 1.51. The molecule has 0 heterocycles. The number of nitro groups is 1. The Morgan fingerprint density at radius 3 is 2.43 bits per heavy atom. The predicted octanol–water partition coefficient (Wildman–Crippen LogP) is 4.05. The lowest BCUT2D eigenvalue weighted by Gasteiger charge is -2.07. The SMILES string of the molecule is O=C(NCc1ccc([N+](=O)[O-])cc1)c1cc(Br)ccc1Br. The van der Waals surface area contributed by atoms with Gasteiger partial charge in [-0.05, 0) is 39.7 Å². The molecule has 21 heavy (non-hydrogen) atoms. The first-order valence-corrected chi connectivity index (χ1v) is 7.52. The van der Waals surface area contributed by atoms with E-state index in [-0.39, 0.29) is 11.6 Å². The number of carbonyl (C=O) groups is 1. The monoisotopic (exact) mass is 412 g/mol. The molecule has 5 nitrogen and oxygen atoms in total. The van der Waals surface area contributed by atoms with Gasteiger partial charge in [-0.15, -0.1) is 0 Å². The second-order valence-corrected chi connectivity index (χ2v) is 6.00. The summed E-state index contributed by atoms with van der Waals surface area (Å²) in [7, 11) is 0. The summed E-state index contributed by atoms with van der Waals surface area (Å²) in [5, 5.41) is 13.3. The summed E-state index contributed by atoms with van der Waals surface area (Å²) >= 11 is 6.64. The van der Waals surface area contributed by atoms with Gasteiger partial charge in [0.25, 0.3) is 11.6 Å². The van der Waals surface area contributed by atoms with Crippen molar-refractivity contribution >= 4 is 43.5 Å². The van der Waals surface area contributed by atoms with Crippen molar-refractivity contribution in [1.82, 2.24) is 5.32 Å². The van der Waals surface area contributed by atoms with E-state index in [1.54, 1.807) is 24.3 Å². The minimum atomic E-state index is -0.457. The Labute approximate surface area is 137 Å². The normalized spacial score (nSPS) is 10.2. The van der Waals surface area contributed by atoms with Crippen molar-refractivity contribution in [1.29, 1.82) is 0 Å². The summed E-state index contributed by atoms with van der Waals surface area (Å²) in [6.07, 6.45) is 0. The lowest BCUT2D eigenvalue weighted by Crippen LogP contribution is -2.23. The van der Waals surface area contributed by atoms with E-state index in [2.05, 4.69) is 37.2 Å². The van der Waals surface area contributed by atoms with E-state index in [0.29, 0.717) is 16.6 Å². The minimum absolute atomic E-state index is 0.0276. The molecule has 0 spiro atoms. The molecular weight excluding hydrogens is 404 g/mol. The molecule has 0 aromatic heterocycles. The van der Waals surface area contributed by atoms with Gasteiger partial charge in [0, 0.05) is 27.6 Å². The van der Waals surface area contributed by atoms with Crippen LogP contribution in [0.1, 0.15) is 15.9 Å². The van der Waals surface area contributed by atoms with E-state index >= 15 is 0 Å². The molecule has 0 bridgehead atoms. The molecule has 0 radical (unpaired) electrons. The number of hydrogen-bond acceptors (Lipinski definition) is 3. The maximum Gasteiger partial charge on any atom is 0.269 e. The van der Waals surface area contributed by atoms with Crippen LogP contribution in [0.2, 0.25) is 0 Å². The van der Waals surface area contributed by atoms with Gasteiger partial charge in [-0.3, -0.25) is 14.9 Å². The smallest absolute Gasteiger partial charge is 0.269 e. The first-order chi connectivity index (χ1) is 9.97. The number of non-ortho nitro benzene ring substituents is 1. The van der Waals surface area contributed by atoms with Gasteiger partial charge in [0.2, 0.25) is 0 Å². The average molecular weight is 414 g/mol.